The minimum atomic E-state index is -0.244. The Morgan fingerprint density at radius 3 is 2.65 bits per heavy atom. The topological polar surface area (TPSA) is 132 Å². The van der Waals surface area contributed by atoms with Gasteiger partial charge in [0.2, 0.25) is 11.8 Å². The number of hydrogen-bond acceptors (Lipinski definition) is 10. The van der Waals surface area contributed by atoms with E-state index < -0.39 is 0 Å². The first kappa shape index (κ1) is 24.2. The molecule has 40 heavy (non-hydrogen) atoms. The van der Waals surface area contributed by atoms with Crippen LogP contribution in [-0.2, 0) is 6.54 Å². The zero-order valence-corrected chi connectivity index (χ0v) is 21.8. The number of aromatic nitrogens is 8. The van der Waals surface area contributed by atoms with Crippen LogP contribution < -0.4 is 10.6 Å². The molecule has 2 N–H and O–H groups in total. The van der Waals surface area contributed by atoms with Gasteiger partial charge in [-0.1, -0.05) is 11.2 Å². The smallest absolute Gasteiger partial charge is 0.225 e. The van der Waals surface area contributed by atoms with Crippen LogP contribution in [0, 0.1) is 12.7 Å². The normalized spacial score (nSPS) is 14.5. The molecule has 0 atom stereocenters. The lowest BCUT2D eigenvalue weighted by Crippen LogP contribution is -2.47. The highest BCUT2D eigenvalue weighted by atomic mass is 19.1. The van der Waals surface area contributed by atoms with Gasteiger partial charge in [0.25, 0.3) is 0 Å². The van der Waals surface area contributed by atoms with E-state index in [1.807, 2.05) is 41.9 Å². The SMILES string of the molecule is Cc1cc(-c2ccc(F)c(N3CCN(CCn4ncc5c4nc(N)n4nc(-c6ccccn6)nc54)CC3)c2)on1. The van der Waals surface area contributed by atoms with Crippen LogP contribution in [0.5, 0.6) is 0 Å². The minimum absolute atomic E-state index is 0.234. The zero-order valence-electron chi connectivity index (χ0n) is 21.8. The molecular formula is C27H26FN11O. The molecule has 0 bridgehead atoms. The number of pyridine rings is 1. The Morgan fingerprint density at radius 2 is 1.88 bits per heavy atom. The van der Waals surface area contributed by atoms with Gasteiger partial charge < -0.3 is 15.2 Å². The molecule has 202 valence electrons. The van der Waals surface area contributed by atoms with E-state index in [1.54, 1.807) is 18.5 Å². The predicted octanol–water partition coefficient (Wildman–Crippen LogP) is 3.04. The molecule has 0 aliphatic carbocycles. The number of piperazine rings is 1. The minimum Gasteiger partial charge on any atom is -0.368 e. The second-order valence-corrected chi connectivity index (χ2v) is 9.79. The van der Waals surface area contributed by atoms with Crippen LogP contribution in [-0.4, -0.2) is 77.1 Å². The van der Waals surface area contributed by atoms with Crippen LogP contribution in [0.2, 0.25) is 0 Å². The van der Waals surface area contributed by atoms with Gasteiger partial charge in [0.1, 0.15) is 11.5 Å². The Bertz CT molecular complexity index is 1820. The Hall–Kier alpha value is -4.91. The van der Waals surface area contributed by atoms with E-state index in [0.29, 0.717) is 53.9 Å². The van der Waals surface area contributed by atoms with Gasteiger partial charge >= 0.3 is 0 Å². The third-order valence-electron chi connectivity index (χ3n) is 7.19. The quantitative estimate of drug-likeness (QED) is 0.337. The molecule has 0 unspecified atom stereocenters. The van der Waals surface area contributed by atoms with Gasteiger partial charge in [-0.2, -0.15) is 14.6 Å². The molecule has 13 heteroatoms. The maximum absolute atomic E-state index is 14.8. The molecule has 0 saturated carbocycles. The van der Waals surface area contributed by atoms with E-state index in [2.05, 4.69) is 40.1 Å². The largest absolute Gasteiger partial charge is 0.368 e. The van der Waals surface area contributed by atoms with Crippen LogP contribution >= 0.6 is 0 Å². The zero-order chi connectivity index (χ0) is 27.2. The van der Waals surface area contributed by atoms with Gasteiger partial charge in [-0.15, -0.1) is 5.10 Å². The second-order valence-electron chi connectivity index (χ2n) is 9.79. The third kappa shape index (κ3) is 4.29. The van der Waals surface area contributed by atoms with Crippen LogP contribution in [0.25, 0.3) is 39.5 Å². The first-order chi connectivity index (χ1) is 19.5. The lowest BCUT2D eigenvalue weighted by Gasteiger charge is -2.36. The molecule has 1 aliphatic rings. The molecule has 1 saturated heterocycles. The lowest BCUT2D eigenvalue weighted by molar-refractivity contribution is 0.245. The van der Waals surface area contributed by atoms with E-state index in [9.17, 15) is 4.39 Å². The van der Waals surface area contributed by atoms with Crippen molar-refractivity contribution in [1.29, 1.82) is 0 Å². The highest BCUT2D eigenvalue weighted by Crippen LogP contribution is 2.29. The van der Waals surface area contributed by atoms with Crippen molar-refractivity contribution in [3.63, 3.8) is 0 Å². The fourth-order valence-electron chi connectivity index (χ4n) is 5.08. The highest BCUT2D eigenvalue weighted by Gasteiger charge is 2.22. The summed E-state index contributed by atoms with van der Waals surface area (Å²) in [5, 5.41) is 13.8. The molecule has 6 heterocycles. The standard InChI is InChI=1S/C27H26FN11O/c1-17-14-23(40-35-17)18-5-6-20(28)22(15-18)37-11-8-36(9-12-37)10-13-38-25-19(16-31-38)26-32-24(21-4-2-3-7-30-21)34-39(26)27(29)33-25/h2-7,14-16H,8-13H2,1H3,(H2,29,33). The van der Waals surface area contributed by atoms with Gasteiger partial charge in [-0.05, 0) is 37.3 Å². The van der Waals surface area contributed by atoms with E-state index >= 15 is 0 Å². The fraction of sp³-hybridized carbons (Fsp3) is 0.259. The van der Waals surface area contributed by atoms with E-state index in [0.717, 1.165) is 36.3 Å². The summed E-state index contributed by atoms with van der Waals surface area (Å²) < 4.78 is 23.5. The van der Waals surface area contributed by atoms with Crippen LogP contribution in [0.4, 0.5) is 16.0 Å². The Kier molecular flexibility index (Phi) is 5.85. The van der Waals surface area contributed by atoms with Gasteiger partial charge in [-0.3, -0.25) is 9.88 Å². The van der Waals surface area contributed by atoms with Crippen molar-refractivity contribution in [3.05, 3.63) is 66.4 Å². The van der Waals surface area contributed by atoms with Crippen molar-refractivity contribution in [3.8, 4) is 22.8 Å². The molecule has 7 rings (SSSR count). The monoisotopic (exact) mass is 539 g/mol. The average Bonchev–Trinajstić information content (AvgIpc) is 3.72. The summed E-state index contributed by atoms with van der Waals surface area (Å²) in [6.45, 7) is 6.26. The maximum Gasteiger partial charge on any atom is 0.225 e. The summed E-state index contributed by atoms with van der Waals surface area (Å²) in [6, 6.07) is 12.5. The molecule has 0 spiro atoms. The van der Waals surface area contributed by atoms with Gasteiger partial charge in [-0.25, -0.2) is 14.1 Å². The number of nitrogens with two attached hydrogens (primary N) is 1. The van der Waals surface area contributed by atoms with Crippen molar-refractivity contribution in [1.82, 2.24) is 44.4 Å². The molecular weight excluding hydrogens is 513 g/mol. The van der Waals surface area contributed by atoms with Crippen LogP contribution in [0.3, 0.4) is 0 Å². The average molecular weight is 540 g/mol. The Labute approximate surface area is 227 Å². The van der Waals surface area contributed by atoms with Crippen molar-refractivity contribution in [2.45, 2.75) is 13.5 Å². The Morgan fingerprint density at radius 1 is 1.00 bits per heavy atom. The number of fused-ring (bicyclic) bond motifs is 3. The molecule has 1 aromatic carbocycles. The maximum atomic E-state index is 14.8. The van der Waals surface area contributed by atoms with Gasteiger partial charge in [0, 0.05) is 50.6 Å². The van der Waals surface area contributed by atoms with Gasteiger partial charge in [0.05, 0.1) is 29.5 Å². The second kappa shape index (κ2) is 9.68. The van der Waals surface area contributed by atoms with Crippen LogP contribution in [0.1, 0.15) is 5.69 Å². The number of hydrogen-bond donors (Lipinski definition) is 1. The van der Waals surface area contributed by atoms with E-state index in [4.69, 9.17) is 10.3 Å². The first-order valence-corrected chi connectivity index (χ1v) is 13.0. The molecule has 0 amide bonds. The van der Waals surface area contributed by atoms with Crippen LogP contribution in [0.15, 0.2) is 59.4 Å². The number of nitrogens with zero attached hydrogens (tertiary/aromatic N) is 10. The third-order valence-corrected chi connectivity index (χ3v) is 7.19. The highest BCUT2D eigenvalue weighted by molar-refractivity contribution is 5.90. The molecule has 1 aliphatic heterocycles. The molecule has 6 aromatic rings. The fourth-order valence-corrected chi connectivity index (χ4v) is 5.08. The molecule has 1 fully saturated rings. The number of nitrogen functional groups attached to an aromatic ring is 1. The molecule has 12 nitrogen and oxygen atoms in total. The predicted molar refractivity (Wildman–Crippen MR) is 147 cm³/mol. The Balaban J connectivity index is 1.04. The molecule has 0 radical (unpaired) electrons. The summed E-state index contributed by atoms with van der Waals surface area (Å²) in [4.78, 5) is 18.0. The van der Waals surface area contributed by atoms with E-state index in [-0.39, 0.29) is 11.8 Å². The van der Waals surface area contributed by atoms with E-state index in [1.165, 1.54) is 10.6 Å². The number of benzene rings is 1. The lowest BCUT2D eigenvalue weighted by atomic mass is 10.1. The summed E-state index contributed by atoms with van der Waals surface area (Å²) in [5.74, 6) is 1.10. The summed E-state index contributed by atoms with van der Waals surface area (Å²) in [6.07, 6.45) is 3.45. The summed E-state index contributed by atoms with van der Waals surface area (Å²) >= 11 is 0. The summed E-state index contributed by atoms with van der Waals surface area (Å²) in [7, 11) is 0. The number of rotatable bonds is 6. The van der Waals surface area contributed by atoms with Gasteiger partial charge in [0.15, 0.2) is 17.1 Å². The number of halogens is 1. The van der Waals surface area contributed by atoms with Crippen molar-refractivity contribution in [2.24, 2.45) is 0 Å². The summed E-state index contributed by atoms with van der Waals surface area (Å²) in [5.41, 5.74) is 10.3. The molecule has 5 aromatic heterocycles. The van der Waals surface area contributed by atoms with Crippen molar-refractivity contribution >= 4 is 28.3 Å². The number of anilines is 2. The van der Waals surface area contributed by atoms with Crippen molar-refractivity contribution in [2.75, 3.05) is 43.4 Å². The number of aryl methyl sites for hydroxylation is 1. The van der Waals surface area contributed by atoms with Crippen molar-refractivity contribution < 1.29 is 8.91 Å². The first-order valence-electron chi connectivity index (χ1n) is 13.0.